The van der Waals surface area contributed by atoms with E-state index in [4.69, 9.17) is 25.8 Å². The Morgan fingerprint density at radius 2 is 1.88 bits per heavy atom. The number of fused-ring (bicyclic) bond motifs is 2. The van der Waals surface area contributed by atoms with Crippen LogP contribution in [0.2, 0.25) is 5.02 Å². The van der Waals surface area contributed by atoms with Crippen LogP contribution >= 0.6 is 23.4 Å². The van der Waals surface area contributed by atoms with Crippen molar-refractivity contribution >= 4 is 51.9 Å². The summed E-state index contributed by atoms with van der Waals surface area (Å²) in [5.74, 6) is -2.82. The van der Waals surface area contributed by atoms with E-state index in [0.29, 0.717) is 17.9 Å². The van der Waals surface area contributed by atoms with Crippen molar-refractivity contribution in [3.05, 3.63) is 87.9 Å². The number of carbonyl (C=O) groups is 3. The maximum absolute atomic E-state index is 14.3. The molecule has 0 fully saturated rings. The minimum Gasteiger partial charge on any atom is -0.507 e. The number of nitrogens with one attached hydrogen (secondary N) is 1. The van der Waals surface area contributed by atoms with Crippen molar-refractivity contribution < 1.29 is 38.8 Å². The largest absolute Gasteiger partial charge is 0.507 e. The van der Waals surface area contributed by atoms with Gasteiger partial charge in [-0.3, -0.25) is 14.4 Å². The van der Waals surface area contributed by atoms with Crippen molar-refractivity contribution in [1.29, 1.82) is 0 Å². The predicted molar refractivity (Wildman–Crippen MR) is 185 cm³/mol. The third-order valence-corrected chi connectivity index (χ3v) is 10.4. The van der Waals surface area contributed by atoms with Gasteiger partial charge in [0.2, 0.25) is 17.3 Å². The van der Waals surface area contributed by atoms with E-state index in [0.717, 1.165) is 15.9 Å². The molecule has 0 saturated carbocycles. The van der Waals surface area contributed by atoms with Crippen molar-refractivity contribution in [2.75, 3.05) is 27.0 Å². The molecule has 256 valence electrons. The van der Waals surface area contributed by atoms with Gasteiger partial charge in [0.1, 0.15) is 34.5 Å². The zero-order valence-corrected chi connectivity index (χ0v) is 29.0. The molecule has 1 aliphatic heterocycles. The maximum atomic E-state index is 14.3. The Balaban J connectivity index is 1.36. The summed E-state index contributed by atoms with van der Waals surface area (Å²) in [6, 6.07) is 16.3. The third-order valence-electron chi connectivity index (χ3n) is 9.30. The van der Waals surface area contributed by atoms with Crippen molar-refractivity contribution in [2.45, 2.75) is 49.3 Å². The van der Waals surface area contributed by atoms with E-state index in [1.807, 2.05) is 59.4 Å². The zero-order valence-electron chi connectivity index (χ0n) is 27.4. The molecule has 1 spiro atoms. The number of aliphatic hydroxyl groups is 2. The molecule has 49 heavy (non-hydrogen) atoms. The van der Waals surface area contributed by atoms with Crippen LogP contribution in [0.5, 0.6) is 17.2 Å². The highest BCUT2D eigenvalue weighted by Gasteiger charge is 2.61. The van der Waals surface area contributed by atoms with Crippen LogP contribution < -0.4 is 19.5 Å². The summed E-state index contributed by atoms with van der Waals surface area (Å²) < 4.78 is 19.0. The summed E-state index contributed by atoms with van der Waals surface area (Å²) in [5.41, 5.74) is 0.148. The Labute approximate surface area is 292 Å². The van der Waals surface area contributed by atoms with Gasteiger partial charge in [0.25, 0.3) is 0 Å². The maximum Gasteiger partial charge on any atom is 0.231 e. The summed E-state index contributed by atoms with van der Waals surface area (Å²) in [5, 5.41) is 24.9. The second kappa shape index (κ2) is 13.8. The highest BCUT2D eigenvalue weighted by Crippen LogP contribution is 2.55. The normalized spacial score (nSPS) is 19.3. The van der Waals surface area contributed by atoms with Crippen molar-refractivity contribution in [1.82, 2.24) is 14.9 Å². The van der Waals surface area contributed by atoms with Gasteiger partial charge in [0, 0.05) is 54.3 Å². The molecule has 0 radical (unpaired) electrons. The summed E-state index contributed by atoms with van der Waals surface area (Å²) >= 11 is 8.14. The molecule has 2 aliphatic rings. The van der Waals surface area contributed by atoms with Gasteiger partial charge < -0.3 is 34.3 Å². The van der Waals surface area contributed by atoms with Gasteiger partial charge in [-0.1, -0.05) is 42.8 Å². The van der Waals surface area contributed by atoms with Gasteiger partial charge in [-0.2, -0.15) is 0 Å². The molecule has 3 aromatic carbocycles. The molecule has 1 aromatic heterocycles. The number of hydrogen-bond donors (Lipinski definition) is 3. The van der Waals surface area contributed by atoms with E-state index < -0.39 is 34.8 Å². The first-order valence-electron chi connectivity index (χ1n) is 15.7. The minimum atomic E-state index is -1.98. The van der Waals surface area contributed by atoms with Crippen LogP contribution in [0.1, 0.15) is 47.4 Å². The first kappa shape index (κ1) is 34.3. The van der Waals surface area contributed by atoms with Crippen molar-refractivity contribution in [3.63, 3.8) is 0 Å². The number of amides is 1. The van der Waals surface area contributed by atoms with Gasteiger partial charge in [-0.25, -0.2) is 4.98 Å². The van der Waals surface area contributed by atoms with Gasteiger partial charge >= 0.3 is 0 Å². The number of Topliss-reactive ketones (excluding diaryl/α,β-unsaturated/α-hetero) is 2. The number of imidazole rings is 1. The Morgan fingerprint density at radius 1 is 1.16 bits per heavy atom. The molecular weight excluding hydrogens is 670 g/mol. The smallest absolute Gasteiger partial charge is 0.231 e. The lowest BCUT2D eigenvalue weighted by Gasteiger charge is -2.38. The lowest BCUT2D eigenvalue weighted by atomic mass is 9.69. The standard InChI is InChI=1S/C36H36ClN3O8S/c1-19-15-25(42)30(34(44)36(19)35(45)31-26(46-2)17-27(47-3)32(37)33(31)48-36)22(20-9-11-21(49-4)12-10-20)16-29(43)38-13-14-40-24-8-6-5-7-23(24)39-28(40)18-41/h5-12,17,19,22,41,44H,13-16,18H2,1-4H3,(H,38,43)/t19-,22?,36+/m1/s1. The molecule has 0 saturated heterocycles. The van der Waals surface area contributed by atoms with Crippen LogP contribution in [0.25, 0.3) is 11.0 Å². The first-order valence-corrected chi connectivity index (χ1v) is 17.3. The monoisotopic (exact) mass is 705 g/mol. The number of ether oxygens (including phenoxy) is 3. The van der Waals surface area contributed by atoms with E-state index in [9.17, 15) is 24.6 Å². The van der Waals surface area contributed by atoms with Gasteiger partial charge in [-0.15, -0.1) is 11.8 Å². The average molecular weight is 706 g/mol. The molecule has 4 aromatic rings. The lowest BCUT2D eigenvalue weighted by Crippen LogP contribution is -2.53. The molecule has 3 N–H and O–H groups in total. The predicted octanol–water partition coefficient (Wildman–Crippen LogP) is 5.65. The fourth-order valence-corrected chi connectivity index (χ4v) is 7.49. The van der Waals surface area contributed by atoms with E-state index in [2.05, 4.69) is 10.3 Å². The van der Waals surface area contributed by atoms with E-state index >= 15 is 0 Å². The number of methoxy groups -OCH3 is 2. The topological polar surface area (TPSA) is 149 Å². The fraction of sp³-hybridized carbons (Fsp3) is 0.333. The highest BCUT2D eigenvalue weighted by molar-refractivity contribution is 7.98. The number of rotatable bonds is 11. The Kier molecular flexibility index (Phi) is 9.65. The number of aromatic nitrogens is 2. The summed E-state index contributed by atoms with van der Waals surface area (Å²) in [4.78, 5) is 47.3. The number of para-hydroxylation sites is 2. The Hall–Kier alpha value is -4.52. The molecule has 0 bridgehead atoms. The Morgan fingerprint density at radius 3 is 2.55 bits per heavy atom. The molecule has 2 heterocycles. The number of halogens is 1. The Bertz CT molecular complexity index is 1990. The molecule has 1 amide bonds. The molecule has 3 atom stereocenters. The quantitative estimate of drug-likeness (QED) is 0.167. The summed E-state index contributed by atoms with van der Waals surface area (Å²) in [7, 11) is 2.81. The second-order valence-electron chi connectivity index (χ2n) is 12.0. The highest BCUT2D eigenvalue weighted by atomic mass is 35.5. The second-order valence-corrected chi connectivity index (χ2v) is 13.2. The molecule has 13 heteroatoms. The number of thioether (sulfide) groups is 1. The zero-order chi connectivity index (χ0) is 35.0. The van der Waals surface area contributed by atoms with E-state index in [-0.39, 0.29) is 65.3 Å². The van der Waals surface area contributed by atoms with Crippen LogP contribution in [0.15, 0.2) is 70.8 Å². The fourth-order valence-electron chi connectivity index (χ4n) is 6.82. The lowest BCUT2D eigenvalue weighted by molar-refractivity contribution is -0.121. The van der Waals surface area contributed by atoms with Crippen LogP contribution in [-0.4, -0.2) is 69.9 Å². The average Bonchev–Trinajstić information content (AvgIpc) is 3.63. The molecule has 1 unspecified atom stereocenters. The van der Waals surface area contributed by atoms with Crippen LogP contribution in [0.3, 0.4) is 0 Å². The third kappa shape index (κ3) is 5.81. The van der Waals surface area contributed by atoms with Crippen molar-refractivity contribution in [3.8, 4) is 17.2 Å². The molecule has 1 aliphatic carbocycles. The molecular formula is C36H36ClN3O8S. The number of ketones is 2. The number of hydrogen-bond acceptors (Lipinski definition) is 10. The van der Waals surface area contributed by atoms with Gasteiger partial charge in [0.15, 0.2) is 17.3 Å². The first-order chi connectivity index (χ1) is 23.6. The number of allylic oxidation sites excluding steroid dienone is 1. The van der Waals surface area contributed by atoms with E-state index in [1.54, 1.807) is 6.92 Å². The minimum absolute atomic E-state index is 0.0112. The number of carbonyl (C=O) groups excluding carboxylic acids is 3. The van der Waals surface area contributed by atoms with E-state index in [1.165, 1.54) is 32.0 Å². The van der Waals surface area contributed by atoms with Gasteiger partial charge in [0.05, 0.1) is 25.3 Å². The van der Waals surface area contributed by atoms with Crippen LogP contribution in [0.4, 0.5) is 0 Å². The number of nitrogens with zero attached hydrogens (tertiary/aromatic N) is 2. The molecule has 6 rings (SSSR count). The van der Waals surface area contributed by atoms with Gasteiger partial charge in [-0.05, 0) is 36.1 Å². The number of aliphatic hydroxyl groups excluding tert-OH is 2. The SMILES string of the molecule is COc1cc(OC)c2c(c1Cl)O[C@]1(C2=O)C(O)=C(C(CC(=O)NCCn2c(CO)nc3ccccc32)c2ccc(SC)cc2)C(=O)C[C@H]1C. The number of benzene rings is 3. The van der Waals surface area contributed by atoms with Crippen molar-refractivity contribution in [2.24, 2.45) is 5.92 Å². The molecule has 11 nitrogen and oxygen atoms in total. The van der Waals surface area contributed by atoms with Crippen LogP contribution in [-0.2, 0) is 22.7 Å². The van der Waals surface area contributed by atoms with Crippen LogP contribution in [0, 0.1) is 5.92 Å². The summed E-state index contributed by atoms with van der Waals surface area (Å²) in [6.45, 7) is 1.94. The summed E-state index contributed by atoms with van der Waals surface area (Å²) in [6.07, 6.45) is 1.60.